The lowest BCUT2D eigenvalue weighted by Crippen LogP contribution is -2.23. The third-order valence-electron chi connectivity index (χ3n) is 2.34. The molecule has 0 unspecified atom stereocenters. The van der Waals surface area contributed by atoms with Crippen LogP contribution >= 0.6 is 0 Å². The second kappa shape index (κ2) is 5.42. The standard InChI is InChI=1S/C12H15NO3/c1-8-5-3-4-6-10(8)9(2)13-11(7-14)12(15)16/h3-6,11,14H,7H2,1-2H3,(H,15,16)/t11-/m0/s1. The molecule has 2 N–H and O–H groups in total. The molecule has 1 atom stereocenters. The minimum Gasteiger partial charge on any atom is -0.480 e. The molecule has 0 fully saturated rings. The molecule has 0 heterocycles. The van der Waals surface area contributed by atoms with Gasteiger partial charge in [-0.3, -0.25) is 4.99 Å². The van der Waals surface area contributed by atoms with Crippen LogP contribution in [0.1, 0.15) is 18.1 Å². The van der Waals surface area contributed by atoms with Crippen molar-refractivity contribution in [2.75, 3.05) is 6.61 Å². The Morgan fingerprint density at radius 1 is 1.44 bits per heavy atom. The average molecular weight is 221 g/mol. The fourth-order valence-corrected chi connectivity index (χ4v) is 1.46. The van der Waals surface area contributed by atoms with Gasteiger partial charge in [0.2, 0.25) is 0 Å². The normalized spacial score (nSPS) is 13.6. The number of aliphatic imine (C=N–C) groups is 1. The summed E-state index contributed by atoms with van der Waals surface area (Å²) in [7, 11) is 0. The predicted molar refractivity (Wildman–Crippen MR) is 61.9 cm³/mol. The minimum atomic E-state index is -1.12. The number of carbonyl (C=O) groups is 1. The molecule has 86 valence electrons. The van der Waals surface area contributed by atoms with E-state index in [9.17, 15) is 4.79 Å². The molecule has 0 aliphatic carbocycles. The van der Waals surface area contributed by atoms with Gasteiger partial charge >= 0.3 is 5.97 Å². The zero-order chi connectivity index (χ0) is 12.1. The van der Waals surface area contributed by atoms with Crippen molar-refractivity contribution in [3.63, 3.8) is 0 Å². The van der Waals surface area contributed by atoms with E-state index in [0.717, 1.165) is 11.1 Å². The van der Waals surface area contributed by atoms with E-state index in [1.165, 1.54) is 0 Å². The third kappa shape index (κ3) is 2.90. The first-order valence-corrected chi connectivity index (χ1v) is 5.00. The summed E-state index contributed by atoms with van der Waals surface area (Å²) in [6, 6.07) is 6.51. The van der Waals surface area contributed by atoms with Crippen LogP contribution in [0.2, 0.25) is 0 Å². The van der Waals surface area contributed by atoms with Gasteiger partial charge in [-0.2, -0.15) is 0 Å². The highest BCUT2D eigenvalue weighted by Gasteiger charge is 2.15. The number of hydrogen-bond donors (Lipinski definition) is 2. The number of carboxylic acids is 1. The van der Waals surface area contributed by atoms with Crippen LogP contribution in [0.25, 0.3) is 0 Å². The summed E-state index contributed by atoms with van der Waals surface area (Å²) in [6.45, 7) is 3.19. The number of nitrogens with zero attached hydrogens (tertiary/aromatic N) is 1. The van der Waals surface area contributed by atoms with Gasteiger partial charge in [-0.25, -0.2) is 4.79 Å². The van der Waals surface area contributed by atoms with Crippen molar-refractivity contribution < 1.29 is 15.0 Å². The number of benzene rings is 1. The van der Waals surface area contributed by atoms with Crippen LogP contribution in [-0.4, -0.2) is 34.5 Å². The van der Waals surface area contributed by atoms with E-state index < -0.39 is 18.6 Å². The van der Waals surface area contributed by atoms with Crippen LogP contribution in [-0.2, 0) is 4.79 Å². The summed E-state index contributed by atoms with van der Waals surface area (Å²) in [5.41, 5.74) is 2.56. The van der Waals surface area contributed by atoms with Gasteiger partial charge in [0.1, 0.15) is 0 Å². The largest absolute Gasteiger partial charge is 0.480 e. The Balaban J connectivity index is 3.01. The first kappa shape index (κ1) is 12.4. The Kier molecular flexibility index (Phi) is 4.19. The van der Waals surface area contributed by atoms with Crippen molar-refractivity contribution in [3.05, 3.63) is 35.4 Å². The van der Waals surface area contributed by atoms with Gasteiger partial charge in [0.05, 0.1) is 6.61 Å². The second-order valence-corrected chi connectivity index (χ2v) is 3.57. The zero-order valence-electron chi connectivity index (χ0n) is 9.34. The molecule has 0 saturated heterocycles. The highest BCUT2D eigenvalue weighted by atomic mass is 16.4. The van der Waals surface area contributed by atoms with E-state index in [2.05, 4.69) is 4.99 Å². The van der Waals surface area contributed by atoms with Gasteiger partial charge in [-0.15, -0.1) is 0 Å². The SMILES string of the molecule is CC(=N[C@@H](CO)C(=O)O)c1ccccc1C. The van der Waals surface area contributed by atoms with Crippen LogP contribution in [0.3, 0.4) is 0 Å². The van der Waals surface area contributed by atoms with Crippen molar-refractivity contribution in [1.29, 1.82) is 0 Å². The Labute approximate surface area is 94.3 Å². The van der Waals surface area contributed by atoms with E-state index in [0.29, 0.717) is 5.71 Å². The quantitative estimate of drug-likeness (QED) is 0.752. The number of aliphatic carboxylic acids is 1. The van der Waals surface area contributed by atoms with Crippen molar-refractivity contribution in [2.24, 2.45) is 4.99 Å². The van der Waals surface area contributed by atoms with E-state index in [1.54, 1.807) is 6.92 Å². The third-order valence-corrected chi connectivity index (χ3v) is 2.34. The van der Waals surface area contributed by atoms with Gasteiger partial charge in [-0.1, -0.05) is 24.3 Å². The maximum atomic E-state index is 10.7. The molecule has 16 heavy (non-hydrogen) atoms. The molecule has 0 amide bonds. The first-order chi connectivity index (χ1) is 7.56. The molecule has 1 aromatic rings. The van der Waals surface area contributed by atoms with E-state index in [1.807, 2.05) is 31.2 Å². The molecular formula is C12H15NO3. The second-order valence-electron chi connectivity index (χ2n) is 3.57. The van der Waals surface area contributed by atoms with Crippen molar-refractivity contribution in [1.82, 2.24) is 0 Å². The molecule has 0 aromatic heterocycles. The molecule has 0 spiro atoms. The highest BCUT2D eigenvalue weighted by Crippen LogP contribution is 2.09. The molecule has 0 radical (unpaired) electrons. The number of aliphatic hydroxyl groups excluding tert-OH is 1. The average Bonchev–Trinajstić information content (AvgIpc) is 2.25. The maximum Gasteiger partial charge on any atom is 0.330 e. The van der Waals surface area contributed by atoms with Gasteiger partial charge in [0, 0.05) is 5.71 Å². The molecule has 0 aliphatic heterocycles. The maximum absolute atomic E-state index is 10.7. The number of aliphatic hydroxyl groups is 1. The number of hydrogen-bond acceptors (Lipinski definition) is 3. The molecular weight excluding hydrogens is 206 g/mol. The predicted octanol–water partition coefficient (Wildman–Crippen LogP) is 1.25. The van der Waals surface area contributed by atoms with Gasteiger partial charge in [-0.05, 0) is 25.0 Å². The fraction of sp³-hybridized carbons (Fsp3) is 0.333. The molecule has 0 saturated carbocycles. The Morgan fingerprint density at radius 3 is 2.56 bits per heavy atom. The van der Waals surface area contributed by atoms with Crippen molar-refractivity contribution in [3.8, 4) is 0 Å². The van der Waals surface area contributed by atoms with E-state index in [-0.39, 0.29) is 0 Å². The number of aryl methyl sites for hydroxylation is 1. The zero-order valence-corrected chi connectivity index (χ0v) is 9.34. The van der Waals surface area contributed by atoms with Gasteiger partial charge < -0.3 is 10.2 Å². The lowest BCUT2D eigenvalue weighted by molar-refractivity contribution is -0.139. The Bertz CT molecular complexity index is 412. The topological polar surface area (TPSA) is 69.9 Å². The summed E-state index contributed by atoms with van der Waals surface area (Å²) in [5, 5.41) is 17.6. The van der Waals surface area contributed by atoms with Crippen molar-refractivity contribution in [2.45, 2.75) is 19.9 Å². The van der Waals surface area contributed by atoms with Crippen LogP contribution in [0.15, 0.2) is 29.3 Å². The van der Waals surface area contributed by atoms with Crippen molar-refractivity contribution >= 4 is 11.7 Å². The summed E-state index contributed by atoms with van der Waals surface area (Å²) >= 11 is 0. The summed E-state index contributed by atoms with van der Waals surface area (Å²) in [4.78, 5) is 14.7. The van der Waals surface area contributed by atoms with Crippen LogP contribution in [0, 0.1) is 6.92 Å². The van der Waals surface area contributed by atoms with Crippen LogP contribution in [0.5, 0.6) is 0 Å². The number of rotatable bonds is 4. The van der Waals surface area contributed by atoms with Crippen LogP contribution < -0.4 is 0 Å². The molecule has 0 bridgehead atoms. The summed E-state index contributed by atoms with van der Waals surface area (Å²) < 4.78 is 0. The summed E-state index contributed by atoms with van der Waals surface area (Å²) in [5.74, 6) is -1.12. The first-order valence-electron chi connectivity index (χ1n) is 5.00. The lowest BCUT2D eigenvalue weighted by atomic mass is 10.1. The van der Waals surface area contributed by atoms with Crippen LogP contribution in [0.4, 0.5) is 0 Å². The molecule has 4 nitrogen and oxygen atoms in total. The monoisotopic (exact) mass is 221 g/mol. The molecule has 1 rings (SSSR count). The molecule has 1 aromatic carbocycles. The Hall–Kier alpha value is -1.68. The Morgan fingerprint density at radius 2 is 2.06 bits per heavy atom. The van der Waals surface area contributed by atoms with Gasteiger partial charge in [0.25, 0.3) is 0 Å². The minimum absolute atomic E-state index is 0.488. The molecule has 0 aliphatic rings. The smallest absolute Gasteiger partial charge is 0.330 e. The fourth-order valence-electron chi connectivity index (χ4n) is 1.46. The summed E-state index contributed by atoms with van der Waals surface area (Å²) in [6.07, 6.45) is 0. The van der Waals surface area contributed by atoms with E-state index >= 15 is 0 Å². The van der Waals surface area contributed by atoms with Gasteiger partial charge in [0.15, 0.2) is 6.04 Å². The highest BCUT2D eigenvalue weighted by molar-refractivity contribution is 6.01. The number of carboxylic acid groups (broad SMARTS) is 1. The molecule has 4 heteroatoms. The van der Waals surface area contributed by atoms with E-state index in [4.69, 9.17) is 10.2 Å². The lowest BCUT2D eigenvalue weighted by Gasteiger charge is -2.08.